The molecule has 6 heteroatoms. The Morgan fingerprint density at radius 3 is 2.27 bits per heavy atom. The van der Waals surface area contributed by atoms with Gasteiger partial charge < -0.3 is 5.11 Å². The first kappa shape index (κ1) is 12.9. The lowest BCUT2D eigenvalue weighted by Crippen LogP contribution is -2.47. The molecule has 0 aromatic heterocycles. The number of aliphatic hydroxyl groups is 1. The number of hydrogen-bond acceptors (Lipinski definition) is 3. The monoisotopic (exact) mass is 236 g/mol. The van der Waals surface area contributed by atoms with Gasteiger partial charge in [-0.15, -0.1) is 0 Å². The van der Waals surface area contributed by atoms with E-state index in [1.165, 1.54) is 14.1 Å². The smallest absolute Gasteiger partial charge is 0.279 e. The molecule has 0 aromatic carbocycles. The van der Waals surface area contributed by atoms with Crippen LogP contribution in [0.1, 0.15) is 32.1 Å². The minimum Gasteiger partial charge on any atom is -0.389 e. The summed E-state index contributed by atoms with van der Waals surface area (Å²) in [5.74, 6) is 0. The van der Waals surface area contributed by atoms with Gasteiger partial charge >= 0.3 is 0 Å². The molecule has 0 saturated heterocycles. The average molecular weight is 236 g/mol. The molecule has 1 rings (SSSR count). The SMILES string of the molecule is CN(C)S(=O)(=O)NCC1(O)CCCCC1. The lowest BCUT2D eigenvalue weighted by Gasteiger charge is -2.32. The number of nitrogens with one attached hydrogen (secondary N) is 1. The number of nitrogens with zero attached hydrogens (tertiary/aromatic N) is 1. The topological polar surface area (TPSA) is 69.6 Å². The van der Waals surface area contributed by atoms with Crippen LogP contribution in [0.2, 0.25) is 0 Å². The fraction of sp³-hybridized carbons (Fsp3) is 1.00. The van der Waals surface area contributed by atoms with Crippen LogP contribution in [0.15, 0.2) is 0 Å². The van der Waals surface area contributed by atoms with Gasteiger partial charge in [0.15, 0.2) is 0 Å². The van der Waals surface area contributed by atoms with Crippen molar-refractivity contribution in [2.45, 2.75) is 37.7 Å². The van der Waals surface area contributed by atoms with Crippen molar-refractivity contribution in [1.29, 1.82) is 0 Å². The normalized spacial score (nSPS) is 21.9. The second-order valence-electron chi connectivity index (χ2n) is 4.39. The van der Waals surface area contributed by atoms with Crippen molar-refractivity contribution in [3.63, 3.8) is 0 Å². The van der Waals surface area contributed by atoms with E-state index >= 15 is 0 Å². The van der Waals surface area contributed by atoms with Crippen molar-refractivity contribution in [2.75, 3.05) is 20.6 Å². The number of rotatable bonds is 4. The Balaban J connectivity index is 2.48. The van der Waals surface area contributed by atoms with E-state index in [1.807, 2.05) is 0 Å². The molecule has 0 atom stereocenters. The first-order valence-electron chi connectivity index (χ1n) is 5.25. The van der Waals surface area contributed by atoms with E-state index in [-0.39, 0.29) is 6.54 Å². The summed E-state index contributed by atoms with van der Waals surface area (Å²) < 4.78 is 26.4. The molecule has 0 radical (unpaired) electrons. The first-order valence-corrected chi connectivity index (χ1v) is 6.69. The molecule has 15 heavy (non-hydrogen) atoms. The third-order valence-electron chi connectivity index (χ3n) is 2.85. The molecule has 1 aliphatic carbocycles. The predicted octanol–water partition coefficient (Wildman–Crippen LogP) is 0.0776. The molecule has 1 fully saturated rings. The fourth-order valence-corrected chi connectivity index (χ4v) is 2.45. The molecule has 0 unspecified atom stereocenters. The molecule has 0 amide bonds. The maximum absolute atomic E-state index is 11.4. The summed E-state index contributed by atoms with van der Waals surface area (Å²) in [7, 11) is -0.481. The van der Waals surface area contributed by atoms with E-state index in [2.05, 4.69) is 4.72 Å². The summed E-state index contributed by atoms with van der Waals surface area (Å²) in [5.41, 5.74) is -0.846. The minimum atomic E-state index is -3.41. The number of hydrogen-bond donors (Lipinski definition) is 2. The zero-order valence-electron chi connectivity index (χ0n) is 9.36. The van der Waals surface area contributed by atoms with E-state index in [0.717, 1.165) is 23.6 Å². The van der Waals surface area contributed by atoms with Crippen LogP contribution in [0, 0.1) is 0 Å². The molecule has 0 heterocycles. The van der Waals surface area contributed by atoms with Gasteiger partial charge in [-0.25, -0.2) is 0 Å². The molecule has 0 spiro atoms. The summed E-state index contributed by atoms with van der Waals surface area (Å²) in [6.45, 7) is 0.119. The van der Waals surface area contributed by atoms with Crippen LogP contribution < -0.4 is 4.72 Å². The highest BCUT2D eigenvalue weighted by Gasteiger charge is 2.30. The second-order valence-corrected chi connectivity index (χ2v) is 6.36. The van der Waals surface area contributed by atoms with Gasteiger partial charge in [0.2, 0.25) is 0 Å². The zero-order chi connectivity index (χ0) is 11.5. The van der Waals surface area contributed by atoms with E-state index in [0.29, 0.717) is 12.8 Å². The summed E-state index contributed by atoms with van der Waals surface area (Å²) in [6, 6.07) is 0. The highest BCUT2D eigenvalue weighted by atomic mass is 32.2. The summed E-state index contributed by atoms with van der Waals surface area (Å²) in [6.07, 6.45) is 4.44. The molecule has 90 valence electrons. The Labute approximate surface area is 91.7 Å². The molecule has 0 aromatic rings. The van der Waals surface area contributed by atoms with Gasteiger partial charge in [0, 0.05) is 20.6 Å². The maximum Gasteiger partial charge on any atom is 0.279 e. The van der Waals surface area contributed by atoms with Gasteiger partial charge in [0.1, 0.15) is 0 Å². The molecule has 5 nitrogen and oxygen atoms in total. The average Bonchev–Trinajstić information content (AvgIpc) is 2.16. The summed E-state index contributed by atoms with van der Waals surface area (Å²) >= 11 is 0. The van der Waals surface area contributed by atoms with Crippen LogP contribution in [-0.2, 0) is 10.2 Å². The van der Waals surface area contributed by atoms with Crippen molar-refractivity contribution in [1.82, 2.24) is 9.03 Å². The zero-order valence-corrected chi connectivity index (χ0v) is 10.2. The fourth-order valence-electron chi connectivity index (χ4n) is 1.74. The molecular weight excluding hydrogens is 216 g/mol. The van der Waals surface area contributed by atoms with Crippen LogP contribution in [0.5, 0.6) is 0 Å². The van der Waals surface area contributed by atoms with Gasteiger partial charge in [-0.1, -0.05) is 19.3 Å². The van der Waals surface area contributed by atoms with Crippen molar-refractivity contribution in [2.24, 2.45) is 0 Å². The molecule has 0 bridgehead atoms. The minimum absolute atomic E-state index is 0.119. The second kappa shape index (κ2) is 4.78. The van der Waals surface area contributed by atoms with Crippen molar-refractivity contribution in [3.05, 3.63) is 0 Å². The van der Waals surface area contributed by atoms with E-state index in [9.17, 15) is 13.5 Å². The Bertz CT molecular complexity index is 294. The lowest BCUT2D eigenvalue weighted by molar-refractivity contribution is 0.00922. The van der Waals surface area contributed by atoms with E-state index in [1.54, 1.807) is 0 Å². The predicted molar refractivity (Wildman–Crippen MR) is 58.6 cm³/mol. The van der Waals surface area contributed by atoms with Gasteiger partial charge in [-0.2, -0.15) is 17.4 Å². The first-order chi connectivity index (χ1) is 6.86. The van der Waals surface area contributed by atoms with Crippen LogP contribution >= 0.6 is 0 Å². The van der Waals surface area contributed by atoms with Crippen molar-refractivity contribution in [3.8, 4) is 0 Å². The van der Waals surface area contributed by atoms with Gasteiger partial charge in [-0.3, -0.25) is 0 Å². The standard InChI is InChI=1S/C9H20N2O3S/c1-11(2)15(13,14)10-8-9(12)6-4-3-5-7-9/h10,12H,3-8H2,1-2H3. The molecule has 1 aliphatic rings. The highest BCUT2D eigenvalue weighted by Crippen LogP contribution is 2.27. The molecule has 2 N–H and O–H groups in total. The van der Waals surface area contributed by atoms with Crippen molar-refractivity contribution >= 4 is 10.2 Å². The van der Waals surface area contributed by atoms with E-state index in [4.69, 9.17) is 0 Å². The summed E-state index contributed by atoms with van der Waals surface area (Å²) in [5, 5.41) is 10.1. The molecule has 0 aliphatic heterocycles. The van der Waals surface area contributed by atoms with Crippen LogP contribution in [0.25, 0.3) is 0 Å². The van der Waals surface area contributed by atoms with Crippen LogP contribution in [-0.4, -0.2) is 44.1 Å². The third-order valence-corrected chi connectivity index (χ3v) is 4.32. The van der Waals surface area contributed by atoms with Gasteiger partial charge in [0.25, 0.3) is 10.2 Å². The lowest BCUT2D eigenvalue weighted by atomic mass is 9.85. The molecular formula is C9H20N2O3S. The van der Waals surface area contributed by atoms with E-state index < -0.39 is 15.8 Å². The largest absolute Gasteiger partial charge is 0.389 e. The van der Waals surface area contributed by atoms with Crippen molar-refractivity contribution < 1.29 is 13.5 Å². The highest BCUT2D eigenvalue weighted by molar-refractivity contribution is 7.87. The summed E-state index contributed by atoms with van der Waals surface area (Å²) in [4.78, 5) is 0. The van der Waals surface area contributed by atoms with Crippen LogP contribution in [0.4, 0.5) is 0 Å². The Kier molecular flexibility index (Phi) is 4.11. The Morgan fingerprint density at radius 1 is 1.27 bits per heavy atom. The van der Waals surface area contributed by atoms with Gasteiger partial charge in [0.05, 0.1) is 5.60 Å². The third kappa shape index (κ3) is 3.71. The van der Waals surface area contributed by atoms with Gasteiger partial charge in [-0.05, 0) is 12.8 Å². The van der Waals surface area contributed by atoms with Crippen LogP contribution in [0.3, 0.4) is 0 Å². The Morgan fingerprint density at radius 2 is 1.80 bits per heavy atom. The quantitative estimate of drug-likeness (QED) is 0.726. The Hall–Kier alpha value is -0.170. The molecule has 1 saturated carbocycles. The maximum atomic E-state index is 11.4.